The van der Waals surface area contributed by atoms with Gasteiger partial charge in [-0.3, -0.25) is 4.68 Å². The topological polar surface area (TPSA) is 43.8 Å². The quantitative estimate of drug-likeness (QED) is 0.767. The Morgan fingerprint density at radius 1 is 0.850 bits per heavy atom. The molecular formula is C17H17N3. The van der Waals surface area contributed by atoms with E-state index in [1.54, 1.807) is 4.68 Å². The standard InChI is InChI=1S/C17H17N3/c1-12-16(19-20(2)17(12)18)15-10-8-14(9-11-15)13-6-4-3-5-7-13/h3-11H,18H2,1-2H3. The molecule has 0 unspecified atom stereocenters. The van der Waals surface area contributed by atoms with Gasteiger partial charge in [-0.1, -0.05) is 54.6 Å². The van der Waals surface area contributed by atoms with Crippen LogP contribution in [0.4, 0.5) is 5.82 Å². The number of benzene rings is 2. The van der Waals surface area contributed by atoms with Gasteiger partial charge in [0.1, 0.15) is 5.82 Å². The summed E-state index contributed by atoms with van der Waals surface area (Å²) in [5, 5.41) is 4.47. The Kier molecular flexibility index (Phi) is 3.03. The SMILES string of the molecule is Cc1c(-c2ccc(-c3ccccc3)cc2)nn(C)c1N. The molecule has 0 aliphatic rings. The van der Waals surface area contributed by atoms with Gasteiger partial charge in [-0.2, -0.15) is 5.10 Å². The van der Waals surface area contributed by atoms with Crippen LogP contribution in [0.1, 0.15) is 5.56 Å². The Morgan fingerprint density at radius 3 is 1.95 bits per heavy atom. The Balaban J connectivity index is 1.99. The molecule has 0 atom stereocenters. The second-order valence-corrected chi connectivity index (χ2v) is 4.93. The van der Waals surface area contributed by atoms with E-state index in [0.29, 0.717) is 5.82 Å². The van der Waals surface area contributed by atoms with Crippen LogP contribution in [0.5, 0.6) is 0 Å². The Bertz CT molecular complexity index is 725. The molecule has 20 heavy (non-hydrogen) atoms. The van der Waals surface area contributed by atoms with Crippen LogP contribution in [-0.4, -0.2) is 9.78 Å². The average molecular weight is 263 g/mol. The monoisotopic (exact) mass is 263 g/mol. The smallest absolute Gasteiger partial charge is 0.124 e. The number of hydrogen-bond donors (Lipinski definition) is 1. The summed E-state index contributed by atoms with van der Waals surface area (Å²) in [4.78, 5) is 0. The van der Waals surface area contributed by atoms with Crippen LogP contribution >= 0.6 is 0 Å². The minimum atomic E-state index is 0.715. The van der Waals surface area contributed by atoms with Crippen molar-refractivity contribution in [3.8, 4) is 22.4 Å². The van der Waals surface area contributed by atoms with E-state index < -0.39 is 0 Å². The maximum absolute atomic E-state index is 5.96. The molecule has 2 N–H and O–H groups in total. The van der Waals surface area contributed by atoms with Crippen molar-refractivity contribution in [1.29, 1.82) is 0 Å². The molecule has 1 aromatic heterocycles. The molecule has 0 saturated carbocycles. The van der Waals surface area contributed by atoms with Crippen molar-refractivity contribution in [2.24, 2.45) is 7.05 Å². The largest absolute Gasteiger partial charge is 0.384 e. The second kappa shape index (κ2) is 4.85. The van der Waals surface area contributed by atoms with Crippen molar-refractivity contribution in [2.75, 3.05) is 5.73 Å². The zero-order chi connectivity index (χ0) is 14.1. The van der Waals surface area contributed by atoms with Gasteiger partial charge in [0.15, 0.2) is 0 Å². The fourth-order valence-electron chi connectivity index (χ4n) is 2.37. The number of rotatable bonds is 2. The van der Waals surface area contributed by atoms with Gasteiger partial charge in [0.2, 0.25) is 0 Å². The first-order valence-corrected chi connectivity index (χ1v) is 6.62. The highest BCUT2D eigenvalue weighted by atomic mass is 15.3. The van der Waals surface area contributed by atoms with Crippen LogP contribution in [0.25, 0.3) is 22.4 Å². The molecular weight excluding hydrogens is 246 g/mol. The number of anilines is 1. The molecule has 3 heteroatoms. The van der Waals surface area contributed by atoms with E-state index >= 15 is 0 Å². The highest BCUT2D eigenvalue weighted by Crippen LogP contribution is 2.28. The lowest BCUT2D eigenvalue weighted by molar-refractivity contribution is 0.782. The van der Waals surface area contributed by atoms with Crippen LogP contribution in [0, 0.1) is 6.92 Å². The number of nitrogen functional groups attached to an aromatic ring is 1. The molecule has 0 aliphatic carbocycles. The molecule has 0 bridgehead atoms. The van der Waals surface area contributed by atoms with Gasteiger partial charge < -0.3 is 5.73 Å². The van der Waals surface area contributed by atoms with Gasteiger partial charge in [0.05, 0.1) is 5.69 Å². The van der Waals surface area contributed by atoms with Crippen molar-refractivity contribution in [3.63, 3.8) is 0 Å². The van der Waals surface area contributed by atoms with Crippen LogP contribution in [0.15, 0.2) is 54.6 Å². The van der Waals surface area contributed by atoms with E-state index in [9.17, 15) is 0 Å². The van der Waals surface area contributed by atoms with Crippen molar-refractivity contribution >= 4 is 5.82 Å². The highest BCUT2D eigenvalue weighted by molar-refractivity contribution is 5.72. The van der Waals surface area contributed by atoms with Crippen LogP contribution in [0.3, 0.4) is 0 Å². The Labute approximate surface area is 118 Å². The summed E-state index contributed by atoms with van der Waals surface area (Å²) in [5.74, 6) is 0.715. The first kappa shape index (κ1) is 12.5. The summed E-state index contributed by atoms with van der Waals surface area (Å²) < 4.78 is 1.72. The lowest BCUT2D eigenvalue weighted by Gasteiger charge is -2.03. The van der Waals surface area contributed by atoms with Gasteiger partial charge >= 0.3 is 0 Å². The van der Waals surface area contributed by atoms with Gasteiger partial charge in [-0.25, -0.2) is 0 Å². The second-order valence-electron chi connectivity index (χ2n) is 4.93. The first-order valence-electron chi connectivity index (χ1n) is 6.62. The molecule has 1 heterocycles. The van der Waals surface area contributed by atoms with Crippen molar-refractivity contribution in [2.45, 2.75) is 6.92 Å². The van der Waals surface area contributed by atoms with E-state index in [1.807, 2.05) is 32.2 Å². The lowest BCUT2D eigenvalue weighted by atomic mass is 10.0. The van der Waals surface area contributed by atoms with Crippen molar-refractivity contribution in [1.82, 2.24) is 9.78 Å². The molecule has 0 aliphatic heterocycles. The summed E-state index contributed by atoms with van der Waals surface area (Å²) in [6.45, 7) is 2.00. The summed E-state index contributed by atoms with van der Waals surface area (Å²) in [6.07, 6.45) is 0. The van der Waals surface area contributed by atoms with Gasteiger partial charge in [0.25, 0.3) is 0 Å². The molecule has 0 amide bonds. The number of nitrogens with two attached hydrogens (primary N) is 1. The fourth-order valence-corrected chi connectivity index (χ4v) is 2.37. The van der Waals surface area contributed by atoms with E-state index in [1.165, 1.54) is 11.1 Å². The number of aromatic nitrogens is 2. The predicted octanol–water partition coefficient (Wildman–Crippen LogP) is 3.64. The fraction of sp³-hybridized carbons (Fsp3) is 0.118. The van der Waals surface area contributed by atoms with Crippen LogP contribution < -0.4 is 5.73 Å². The third-order valence-corrected chi connectivity index (χ3v) is 3.60. The summed E-state index contributed by atoms with van der Waals surface area (Å²) in [6, 6.07) is 18.8. The molecule has 2 aromatic carbocycles. The zero-order valence-electron chi connectivity index (χ0n) is 11.7. The molecule has 0 spiro atoms. The Morgan fingerprint density at radius 2 is 1.40 bits per heavy atom. The van der Waals surface area contributed by atoms with Crippen molar-refractivity contribution < 1.29 is 0 Å². The van der Waals surface area contributed by atoms with Crippen LogP contribution in [0.2, 0.25) is 0 Å². The minimum absolute atomic E-state index is 0.715. The lowest BCUT2D eigenvalue weighted by Crippen LogP contribution is -1.97. The molecule has 0 saturated heterocycles. The normalized spacial score (nSPS) is 10.7. The van der Waals surface area contributed by atoms with Crippen molar-refractivity contribution in [3.05, 3.63) is 60.2 Å². The minimum Gasteiger partial charge on any atom is -0.384 e. The van der Waals surface area contributed by atoms with E-state index in [2.05, 4.69) is 41.5 Å². The molecule has 3 nitrogen and oxygen atoms in total. The highest BCUT2D eigenvalue weighted by Gasteiger charge is 2.11. The number of hydrogen-bond acceptors (Lipinski definition) is 2. The molecule has 0 radical (unpaired) electrons. The Hall–Kier alpha value is -2.55. The van der Waals surface area contributed by atoms with Crippen LogP contribution in [-0.2, 0) is 7.05 Å². The summed E-state index contributed by atoms with van der Waals surface area (Å²) in [7, 11) is 1.87. The summed E-state index contributed by atoms with van der Waals surface area (Å²) >= 11 is 0. The van der Waals surface area contributed by atoms with Gasteiger partial charge in [-0.05, 0) is 18.1 Å². The van der Waals surface area contributed by atoms with E-state index in [-0.39, 0.29) is 0 Å². The molecule has 0 fully saturated rings. The zero-order valence-corrected chi connectivity index (χ0v) is 11.7. The van der Waals surface area contributed by atoms with E-state index in [0.717, 1.165) is 16.8 Å². The molecule has 3 rings (SSSR count). The van der Waals surface area contributed by atoms with Gasteiger partial charge in [0, 0.05) is 18.2 Å². The predicted molar refractivity (Wildman–Crippen MR) is 83.2 cm³/mol. The molecule has 100 valence electrons. The number of nitrogens with zero attached hydrogens (tertiary/aromatic N) is 2. The third kappa shape index (κ3) is 2.07. The third-order valence-electron chi connectivity index (χ3n) is 3.60. The van der Waals surface area contributed by atoms with Gasteiger partial charge in [-0.15, -0.1) is 0 Å². The maximum atomic E-state index is 5.96. The first-order chi connectivity index (χ1) is 9.66. The number of aryl methyl sites for hydroxylation is 1. The summed E-state index contributed by atoms with van der Waals surface area (Å²) in [5.41, 5.74) is 11.5. The van der Waals surface area contributed by atoms with E-state index in [4.69, 9.17) is 5.73 Å². The maximum Gasteiger partial charge on any atom is 0.124 e. The molecule has 3 aromatic rings. The average Bonchev–Trinajstić information content (AvgIpc) is 2.76.